The molecule has 0 fully saturated rings. The van der Waals surface area contributed by atoms with Crippen LogP contribution in [0.25, 0.3) is 11.3 Å². The van der Waals surface area contributed by atoms with Gasteiger partial charge in [-0.1, -0.05) is 12.1 Å². The van der Waals surface area contributed by atoms with E-state index in [1.54, 1.807) is 25.1 Å². The van der Waals surface area contributed by atoms with Crippen LogP contribution in [0.5, 0.6) is 5.75 Å². The van der Waals surface area contributed by atoms with Crippen molar-refractivity contribution in [2.75, 3.05) is 0 Å². The van der Waals surface area contributed by atoms with Gasteiger partial charge >= 0.3 is 0 Å². The van der Waals surface area contributed by atoms with Gasteiger partial charge in [-0.05, 0) is 19.1 Å². The molecule has 0 atom stereocenters. The third-order valence-corrected chi connectivity index (χ3v) is 2.08. The minimum absolute atomic E-state index is 0.175. The van der Waals surface area contributed by atoms with E-state index in [9.17, 15) is 5.11 Å². The van der Waals surface area contributed by atoms with Crippen molar-refractivity contribution in [3.05, 3.63) is 35.9 Å². The van der Waals surface area contributed by atoms with Gasteiger partial charge in [0.05, 0.1) is 5.69 Å². The summed E-state index contributed by atoms with van der Waals surface area (Å²) in [5.41, 5.74) is 1.45. The van der Waals surface area contributed by atoms with Gasteiger partial charge in [-0.15, -0.1) is 0 Å². The summed E-state index contributed by atoms with van der Waals surface area (Å²) in [6, 6.07) is 6.72. The summed E-state index contributed by atoms with van der Waals surface area (Å²) in [6.07, 6.45) is 0. The number of aliphatic hydroxyl groups is 1. The number of nitrogens with zero attached hydrogens (tertiary/aromatic N) is 1. The Morgan fingerprint density at radius 1 is 1.40 bits per heavy atom. The minimum Gasteiger partial charge on any atom is -0.508 e. The molecule has 2 N–H and O–H groups in total. The highest BCUT2D eigenvalue weighted by molar-refractivity contribution is 5.61. The van der Waals surface area contributed by atoms with E-state index in [-0.39, 0.29) is 18.2 Å². The molecular formula is C11H11NO3. The Kier molecular flexibility index (Phi) is 2.43. The quantitative estimate of drug-likeness (QED) is 0.785. The summed E-state index contributed by atoms with van der Waals surface area (Å²) in [5, 5.41) is 18.2. The Bertz CT molecular complexity index is 476. The van der Waals surface area contributed by atoms with Crippen molar-refractivity contribution >= 4 is 0 Å². The number of aliphatic hydroxyl groups excluding tert-OH is 1. The molecular weight excluding hydrogens is 194 g/mol. The number of benzene rings is 1. The molecule has 4 heteroatoms. The fraction of sp³-hybridized carbons (Fsp3) is 0.182. The number of rotatable bonds is 2. The van der Waals surface area contributed by atoms with Gasteiger partial charge in [-0.3, -0.25) is 0 Å². The van der Waals surface area contributed by atoms with Crippen LogP contribution in [-0.4, -0.2) is 15.2 Å². The zero-order valence-electron chi connectivity index (χ0n) is 8.27. The second-order valence-corrected chi connectivity index (χ2v) is 3.23. The maximum Gasteiger partial charge on any atom is 0.220 e. The topological polar surface area (TPSA) is 66.5 Å². The molecule has 2 aromatic rings. The van der Waals surface area contributed by atoms with Gasteiger partial charge < -0.3 is 14.6 Å². The van der Waals surface area contributed by atoms with E-state index in [1.807, 2.05) is 6.07 Å². The van der Waals surface area contributed by atoms with Gasteiger partial charge in [0.2, 0.25) is 5.89 Å². The number of aromatic nitrogens is 1. The lowest BCUT2D eigenvalue weighted by molar-refractivity contribution is 0.241. The third kappa shape index (κ3) is 1.85. The van der Waals surface area contributed by atoms with Crippen molar-refractivity contribution in [2.24, 2.45) is 0 Å². The first kappa shape index (κ1) is 9.73. The summed E-state index contributed by atoms with van der Waals surface area (Å²) in [4.78, 5) is 4.04. The first-order valence-electron chi connectivity index (χ1n) is 4.57. The molecule has 78 valence electrons. The first-order valence-corrected chi connectivity index (χ1v) is 4.57. The Labute approximate surface area is 86.8 Å². The van der Waals surface area contributed by atoms with Crippen LogP contribution in [0.3, 0.4) is 0 Å². The van der Waals surface area contributed by atoms with Gasteiger partial charge in [0.15, 0.2) is 5.76 Å². The zero-order valence-corrected chi connectivity index (χ0v) is 8.27. The van der Waals surface area contributed by atoms with Gasteiger partial charge in [0.1, 0.15) is 12.4 Å². The predicted octanol–water partition coefficient (Wildman–Crippen LogP) is 1.85. The molecule has 0 aliphatic heterocycles. The van der Waals surface area contributed by atoms with E-state index >= 15 is 0 Å². The van der Waals surface area contributed by atoms with Crippen LogP contribution in [0.2, 0.25) is 0 Å². The van der Waals surface area contributed by atoms with Crippen LogP contribution >= 0.6 is 0 Å². The van der Waals surface area contributed by atoms with Gasteiger partial charge in [0, 0.05) is 5.56 Å². The van der Waals surface area contributed by atoms with Gasteiger partial charge in [0.25, 0.3) is 0 Å². The SMILES string of the molecule is Cc1nc(CO)oc1-c1cccc(O)c1. The van der Waals surface area contributed by atoms with E-state index in [0.717, 1.165) is 5.56 Å². The molecule has 4 nitrogen and oxygen atoms in total. The zero-order chi connectivity index (χ0) is 10.8. The fourth-order valence-electron chi connectivity index (χ4n) is 1.43. The predicted molar refractivity (Wildman–Crippen MR) is 54.3 cm³/mol. The molecule has 0 bridgehead atoms. The Balaban J connectivity index is 2.48. The molecule has 1 aromatic heterocycles. The molecule has 0 unspecified atom stereocenters. The maximum absolute atomic E-state index is 9.32. The average Bonchev–Trinajstić information content (AvgIpc) is 2.60. The number of phenolic OH excluding ortho intramolecular Hbond substituents is 1. The molecule has 0 saturated carbocycles. The number of aromatic hydroxyl groups is 1. The van der Waals surface area contributed by atoms with Crippen LogP contribution in [0, 0.1) is 6.92 Å². The molecule has 0 spiro atoms. The molecule has 0 aliphatic rings. The largest absolute Gasteiger partial charge is 0.508 e. The van der Waals surface area contributed by atoms with Crippen LogP contribution < -0.4 is 0 Å². The highest BCUT2D eigenvalue weighted by Crippen LogP contribution is 2.26. The van der Waals surface area contributed by atoms with E-state index in [1.165, 1.54) is 0 Å². The van der Waals surface area contributed by atoms with E-state index in [0.29, 0.717) is 11.5 Å². The van der Waals surface area contributed by atoms with Crippen molar-refractivity contribution in [3.63, 3.8) is 0 Å². The number of oxazole rings is 1. The number of hydrogen-bond acceptors (Lipinski definition) is 4. The number of hydrogen-bond donors (Lipinski definition) is 2. The summed E-state index contributed by atoms with van der Waals surface area (Å²) in [7, 11) is 0. The second-order valence-electron chi connectivity index (χ2n) is 3.23. The van der Waals surface area contributed by atoms with E-state index < -0.39 is 0 Å². The minimum atomic E-state index is -0.223. The lowest BCUT2D eigenvalue weighted by Crippen LogP contribution is -1.80. The highest BCUT2D eigenvalue weighted by Gasteiger charge is 2.11. The molecule has 0 aliphatic carbocycles. The molecule has 2 rings (SSSR count). The van der Waals surface area contributed by atoms with Crippen LogP contribution in [0.4, 0.5) is 0 Å². The van der Waals surface area contributed by atoms with Crippen molar-refractivity contribution in [1.29, 1.82) is 0 Å². The molecule has 1 aromatic carbocycles. The van der Waals surface area contributed by atoms with Crippen LogP contribution in [-0.2, 0) is 6.61 Å². The lowest BCUT2D eigenvalue weighted by Gasteiger charge is -1.98. The Hall–Kier alpha value is -1.81. The van der Waals surface area contributed by atoms with Gasteiger partial charge in [-0.2, -0.15) is 0 Å². The van der Waals surface area contributed by atoms with E-state index in [2.05, 4.69) is 4.98 Å². The Morgan fingerprint density at radius 3 is 2.80 bits per heavy atom. The standard InChI is InChI=1S/C11H11NO3/c1-7-11(15-10(6-13)12-7)8-3-2-4-9(14)5-8/h2-5,13-14H,6H2,1H3. The Morgan fingerprint density at radius 2 is 2.20 bits per heavy atom. The highest BCUT2D eigenvalue weighted by atomic mass is 16.4. The van der Waals surface area contributed by atoms with Crippen LogP contribution in [0.1, 0.15) is 11.6 Å². The van der Waals surface area contributed by atoms with Crippen molar-refractivity contribution in [3.8, 4) is 17.1 Å². The summed E-state index contributed by atoms with van der Waals surface area (Å²) >= 11 is 0. The monoisotopic (exact) mass is 205 g/mol. The smallest absolute Gasteiger partial charge is 0.220 e. The number of aryl methyl sites for hydroxylation is 1. The van der Waals surface area contributed by atoms with Crippen molar-refractivity contribution in [1.82, 2.24) is 4.98 Å². The maximum atomic E-state index is 9.32. The summed E-state index contributed by atoms with van der Waals surface area (Å²) in [6.45, 7) is 1.57. The average molecular weight is 205 g/mol. The normalized spacial score (nSPS) is 10.5. The second kappa shape index (κ2) is 3.74. The molecule has 15 heavy (non-hydrogen) atoms. The van der Waals surface area contributed by atoms with Crippen LogP contribution in [0.15, 0.2) is 28.7 Å². The summed E-state index contributed by atoms with van der Waals surface area (Å²) in [5.74, 6) is 1.04. The molecule has 0 saturated heterocycles. The molecule has 0 radical (unpaired) electrons. The lowest BCUT2D eigenvalue weighted by atomic mass is 10.1. The first-order chi connectivity index (χ1) is 7.20. The third-order valence-electron chi connectivity index (χ3n) is 2.08. The van der Waals surface area contributed by atoms with Gasteiger partial charge in [-0.25, -0.2) is 4.98 Å². The number of phenols is 1. The molecule has 1 heterocycles. The fourth-order valence-corrected chi connectivity index (χ4v) is 1.43. The van der Waals surface area contributed by atoms with E-state index in [4.69, 9.17) is 9.52 Å². The van der Waals surface area contributed by atoms with Crippen molar-refractivity contribution in [2.45, 2.75) is 13.5 Å². The molecule has 0 amide bonds. The van der Waals surface area contributed by atoms with Crippen molar-refractivity contribution < 1.29 is 14.6 Å². The summed E-state index contributed by atoms with van der Waals surface area (Å²) < 4.78 is 5.33.